The highest BCUT2D eigenvalue weighted by Crippen LogP contribution is 2.09. The van der Waals surface area contributed by atoms with Crippen molar-refractivity contribution >= 4 is 5.96 Å². The van der Waals surface area contributed by atoms with E-state index in [2.05, 4.69) is 74.7 Å². The Morgan fingerprint density at radius 1 is 0.828 bits per heavy atom. The molecule has 0 aromatic heterocycles. The summed E-state index contributed by atoms with van der Waals surface area (Å²) in [4.78, 5) is 9.58. The lowest BCUT2D eigenvalue weighted by Crippen LogP contribution is -2.46. The summed E-state index contributed by atoms with van der Waals surface area (Å²) in [5.74, 6) is 0.565. The molecule has 0 bridgehead atoms. The molecule has 2 aromatic rings. The van der Waals surface area contributed by atoms with E-state index in [-0.39, 0.29) is 0 Å². The smallest absolute Gasteiger partial charge is 0.188 e. The number of unbranched alkanes of at least 4 members (excludes halogenated alkanes) is 1. The van der Waals surface area contributed by atoms with Gasteiger partial charge in [0.25, 0.3) is 0 Å². The Labute approximate surface area is 175 Å². The van der Waals surface area contributed by atoms with Crippen molar-refractivity contribution in [2.75, 3.05) is 45.8 Å². The molecule has 2 aromatic carbocycles. The van der Waals surface area contributed by atoms with E-state index in [4.69, 9.17) is 5.73 Å². The van der Waals surface area contributed by atoms with E-state index >= 15 is 0 Å². The first-order valence-electron chi connectivity index (χ1n) is 10.9. The van der Waals surface area contributed by atoms with E-state index in [1.54, 1.807) is 0 Å². The van der Waals surface area contributed by atoms with Gasteiger partial charge in [0.1, 0.15) is 0 Å². The molecule has 5 nitrogen and oxygen atoms in total. The minimum atomic E-state index is 0.565. The molecule has 5 heteroatoms. The number of aliphatic imine (C=N–C) groups is 1. The Kier molecular flexibility index (Phi) is 9.01. The van der Waals surface area contributed by atoms with Crippen LogP contribution in [0.1, 0.15) is 24.0 Å². The van der Waals surface area contributed by atoms with Crippen LogP contribution in [-0.2, 0) is 13.0 Å². The van der Waals surface area contributed by atoms with Gasteiger partial charge in [-0.1, -0.05) is 60.7 Å². The van der Waals surface area contributed by atoms with E-state index in [9.17, 15) is 0 Å². The number of rotatable bonds is 10. The van der Waals surface area contributed by atoms with Gasteiger partial charge in [0.15, 0.2) is 5.96 Å². The maximum Gasteiger partial charge on any atom is 0.188 e. The monoisotopic (exact) mass is 393 g/mol. The van der Waals surface area contributed by atoms with Gasteiger partial charge in [0, 0.05) is 45.8 Å². The topological polar surface area (TPSA) is 56.9 Å². The molecule has 156 valence electrons. The highest BCUT2D eigenvalue weighted by atomic mass is 15.3. The Morgan fingerprint density at radius 3 is 2.14 bits per heavy atom. The average molecular weight is 394 g/mol. The average Bonchev–Trinajstić information content (AvgIpc) is 2.76. The van der Waals surface area contributed by atoms with E-state index in [0.29, 0.717) is 5.96 Å². The van der Waals surface area contributed by atoms with Gasteiger partial charge in [0.05, 0.1) is 0 Å². The summed E-state index contributed by atoms with van der Waals surface area (Å²) in [6, 6.07) is 21.2. The zero-order valence-corrected chi connectivity index (χ0v) is 17.5. The molecule has 1 saturated heterocycles. The number of hydrogen-bond donors (Lipinski definition) is 2. The van der Waals surface area contributed by atoms with Gasteiger partial charge in [-0.15, -0.1) is 0 Å². The molecule has 0 saturated carbocycles. The predicted octanol–water partition coefficient (Wildman–Crippen LogP) is 2.73. The second-order valence-corrected chi connectivity index (χ2v) is 7.74. The molecule has 0 radical (unpaired) electrons. The number of guanidine groups is 1. The van der Waals surface area contributed by atoms with E-state index in [1.165, 1.54) is 30.6 Å². The lowest BCUT2D eigenvalue weighted by atomic mass is 10.1. The van der Waals surface area contributed by atoms with Gasteiger partial charge in [-0.05, 0) is 36.9 Å². The largest absolute Gasteiger partial charge is 0.370 e. The third-order valence-corrected chi connectivity index (χ3v) is 5.44. The molecule has 0 unspecified atom stereocenters. The van der Waals surface area contributed by atoms with Crippen LogP contribution < -0.4 is 11.1 Å². The van der Waals surface area contributed by atoms with Crippen LogP contribution in [0.3, 0.4) is 0 Å². The Morgan fingerprint density at radius 2 is 1.45 bits per heavy atom. The van der Waals surface area contributed by atoms with Crippen LogP contribution in [0, 0.1) is 0 Å². The lowest BCUT2D eigenvalue weighted by Gasteiger charge is -2.34. The van der Waals surface area contributed by atoms with Crippen LogP contribution in [0.5, 0.6) is 0 Å². The van der Waals surface area contributed by atoms with E-state index in [0.717, 1.165) is 52.1 Å². The van der Waals surface area contributed by atoms with Crippen molar-refractivity contribution in [2.45, 2.75) is 25.8 Å². The molecule has 1 heterocycles. The van der Waals surface area contributed by atoms with Crippen molar-refractivity contribution in [3.05, 3.63) is 71.8 Å². The van der Waals surface area contributed by atoms with Crippen molar-refractivity contribution in [3.8, 4) is 0 Å². The molecule has 29 heavy (non-hydrogen) atoms. The van der Waals surface area contributed by atoms with E-state index in [1.807, 2.05) is 6.07 Å². The summed E-state index contributed by atoms with van der Waals surface area (Å²) in [5, 5.41) is 3.21. The van der Waals surface area contributed by atoms with Gasteiger partial charge in [-0.25, -0.2) is 0 Å². The third-order valence-electron chi connectivity index (χ3n) is 5.44. The molecule has 3 N–H and O–H groups in total. The fourth-order valence-electron chi connectivity index (χ4n) is 3.69. The van der Waals surface area contributed by atoms with Crippen LogP contribution in [-0.4, -0.2) is 61.6 Å². The number of piperazine rings is 1. The van der Waals surface area contributed by atoms with Gasteiger partial charge < -0.3 is 16.0 Å². The SMILES string of the molecule is NC(=NCCCCN1CCN(Cc2ccccc2)CC1)NCCc1ccccc1. The van der Waals surface area contributed by atoms with Crippen molar-refractivity contribution in [2.24, 2.45) is 10.7 Å². The van der Waals surface area contributed by atoms with Crippen LogP contribution in [0.4, 0.5) is 0 Å². The molecule has 0 aliphatic carbocycles. The van der Waals surface area contributed by atoms with Crippen LogP contribution in [0.25, 0.3) is 0 Å². The lowest BCUT2D eigenvalue weighted by molar-refractivity contribution is 0.126. The molecule has 1 aliphatic rings. The first kappa shape index (κ1) is 21.3. The molecular formula is C24H35N5. The third kappa shape index (κ3) is 8.26. The summed E-state index contributed by atoms with van der Waals surface area (Å²) in [5.41, 5.74) is 8.69. The quantitative estimate of drug-likeness (QED) is 0.370. The van der Waals surface area contributed by atoms with Crippen LogP contribution >= 0.6 is 0 Å². The Balaban J connectivity index is 1.21. The van der Waals surface area contributed by atoms with Crippen LogP contribution in [0.15, 0.2) is 65.7 Å². The minimum Gasteiger partial charge on any atom is -0.370 e. The summed E-state index contributed by atoms with van der Waals surface area (Å²) in [7, 11) is 0. The first-order valence-corrected chi connectivity index (χ1v) is 10.9. The molecule has 1 aliphatic heterocycles. The van der Waals surface area contributed by atoms with Crippen molar-refractivity contribution in [3.63, 3.8) is 0 Å². The molecule has 0 atom stereocenters. The maximum absolute atomic E-state index is 5.96. The summed E-state index contributed by atoms with van der Waals surface area (Å²) >= 11 is 0. The number of benzene rings is 2. The predicted molar refractivity (Wildman–Crippen MR) is 122 cm³/mol. The van der Waals surface area contributed by atoms with Gasteiger partial charge in [0.2, 0.25) is 0 Å². The normalized spacial score (nSPS) is 16.1. The second-order valence-electron chi connectivity index (χ2n) is 7.74. The highest BCUT2D eigenvalue weighted by Gasteiger charge is 2.16. The standard InChI is InChI=1S/C24H35N5/c25-24(27-15-13-22-9-3-1-4-10-22)26-14-7-8-16-28-17-19-29(20-18-28)21-23-11-5-2-6-12-23/h1-6,9-12H,7-8,13-21H2,(H3,25,26,27). The van der Waals surface area contributed by atoms with Crippen molar-refractivity contribution in [1.82, 2.24) is 15.1 Å². The summed E-state index contributed by atoms with van der Waals surface area (Å²) in [6.45, 7) is 8.51. The fraction of sp³-hybridized carbons (Fsp3) is 0.458. The van der Waals surface area contributed by atoms with Crippen molar-refractivity contribution < 1.29 is 0 Å². The summed E-state index contributed by atoms with van der Waals surface area (Å²) < 4.78 is 0. The van der Waals surface area contributed by atoms with Gasteiger partial charge in [-0.3, -0.25) is 9.89 Å². The molecular weight excluding hydrogens is 358 g/mol. The number of nitrogens with one attached hydrogen (secondary N) is 1. The Hall–Kier alpha value is -2.37. The van der Waals surface area contributed by atoms with E-state index < -0.39 is 0 Å². The minimum absolute atomic E-state index is 0.565. The molecule has 3 rings (SSSR count). The second kappa shape index (κ2) is 12.2. The zero-order valence-electron chi connectivity index (χ0n) is 17.5. The highest BCUT2D eigenvalue weighted by molar-refractivity contribution is 5.77. The number of hydrogen-bond acceptors (Lipinski definition) is 3. The van der Waals surface area contributed by atoms with Crippen LogP contribution in [0.2, 0.25) is 0 Å². The maximum atomic E-state index is 5.96. The fourth-order valence-corrected chi connectivity index (χ4v) is 3.69. The zero-order chi connectivity index (χ0) is 20.2. The molecule has 0 amide bonds. The number of nitrogens with two attached hydrogens (primary N) is 1. The molecule has 0 spiro atoms. The summed E-state index contributed by atoms with van der Waals surface area (Å²) in [6.07, 6.45) is 3.23. The Bertz CT molecular complexity index is 709. The molecule has 1 fully saturated rings. The van der Waals surface area contributed by atoms with Crippen molar-refractivity contribution in [1.29, 1.82) is 0 Å². The number of nitrogens with zero attached hydrogens (tertiary/aromatic N) is 3. The first-order chi connectivity index (χ1) is 14.3. The van der Waals surface area contributed by atoms with Gasteiger partial charge in [-0.2, -0.15) is 0 Å². The van der Waals surface area contributed by atoms with Gasteiger partial charge >= 0.3 is 0 Å².